The van der Waals surface area contributed by atoms with Crippen LogP contribution in [0.15, 0.2) is 30.3 Å². The van der Waals surface area contributed by atoms with E-state index >= 15 is 0 Å². The van der Waals surface area contributed by atoms with Crippen LogP contribution in [0.4, 0.5) is 0 Å². The molecule has 1 fully saturated rings. The smallest absolute Gasteiger partial charge is 0.0337 e. The molecule has 1 aromatic carbocycles. The molecule has 0 heterocycles. The summed E-state index contributed by atoms with van der Waals surface area (Å²) in [5.74, 6) is 1.61. The largest absolute Gasteiger partial charge is 0.329 e. The fourth-order valence-electron chi connectivity index (χ4n) is 3.70. The average molecular weight is 274 g/mol. The third kappa shape index (κ3) is 3.24. The monoisotopic (exact) mass is 274 g/mol. The first-order valence-electron chi connectivity index (χ1n) is 8.10. The molecule has 0 aliphatic heterocycles. The number of likely N-dealkylation sites (N-methyl/N-ethyl adjacent to an activating group) is 1. The van der Waals surface area contributed by atoms with Gasteiger partial charge in [0.2, 0.25) is 0 Å². The highest BCUT2D eigenvalue weighted by Gasteiger charge is 2.40. The molecule has 3 unspecified atom stereocenters. The van der Waals surface area contributed by atoms with Crippen molar-refractivity contribution in [2.45, 2.75) is 52.1 Å². The number of hydrogen-bond donors (Lipinski definition) is 1. The molecule has 1 saturated carbocycles. The summed E-state index contributed by atoms with van der Waals surface area (Å²) < 4.78 is 0. The zero-order chi connectivity index (χ0) is 14.6. The molecule has 1 aromatic rings. The highest BCUT2D eigenvalue weighted by Crippen LogP contribution is 2.39. The topological polar surface area (TPSA) is 29.3 Å². The zero-order valence-electron chi connectivity index (χ0n) is 13.3. The van der Waals surface area contributed by atoms with E-state index in [4.69, 9.17) is 5.73 Å². The predicted octanol–water partition coefficient (Wildman–Crippen LogP) is 3.66. The maximum atomic E-state index is 6.23. The Hall–Kier alpha value is -0.860. The van der Waals surface area contributed by atoms with Crippen molar-refractivity contribution in [1.29, 1.82) is 0 Å². The van der Waals surface area contributed by atoms with Crippen LogP contribution in [-0.2, 0) is 6.54 Å². The summed E-state index contributed by atoms with van der Waals surface area (Å²) in [6, 6.07) is 10.8. The lowest BCUT2D eigenvalue weighted by Gasteiger charge is -2.49. The molecule has 2 heteroatoms. The van der Waals surface area contributed by atoms with E-state index in [1.54, 1.807) is 0 Å². The minimum Gasteiger partial charge on any atom is -0.329 e. The van der Waals surface area contributed by atoms with Gasteiger partial charge in [0.05, 0.1) is 0 Å². The summed E-state index contributed by atoms with van der Waals surface area (Å²) in [4.78, 5) is 2.62. The van der Waals surface area contributed by atoms with Crippen molar-refractivity contribution in [2.24, 2.45) is 17.6 Å². The second-order valence-electron chi connectivity index (χ2n) is 6.63. The SMILES string of the molecule is CCN(Cc1ccccc1)C1(CN)CCC(C)C(C)C1. The maximum absolute atomic E-state index is 6.23. The molecule has 3 atom stereocenters. The first kappa shape index (κ1) is 15.5. The normalized spacial score (nSPS) is 30.6. The van der Waals surface area contributed by atoms with Gasteiger partial charge in [-0.15, -0.1) is 0 Å². The van der Waals surface area contributed by atoms with Crippen molar-refractivity contribution in [3.05, 3.63) is 35.9 Å². The van der Waals surface area contributed by atoms with E-state index in [0.717, 1.165) is 31.5 Å². The van der Waals surface area contributed by atoms with Gasteiger partial charge in [0.15, 0.2) is 0 Å². The Labute approximate surface area is 124 Å². The molecular weight excluding hydrogens is 244 g/mol. The van der Waals surface area contributed by atoms with Crippen molar-refractivity contribution in [3.63, 3.8) is 0 Å². The Morgan fingerprint density at radius 1 is 1.20 bits per heavy atom. The van der Waals surface area contributed by atoms with Crippen molar-refractivity contribution >= 4 is 0 Å². The van der Waals surface area contributed by atoms with Crippen LogP contribution in [-0.4, -0.2) is 23.5 Å². The minimum absolute atomic E-state index is 0.205. The van der Waals surface area contributed by atoms with Gasteiger partial charge in [-0.1, -0.05) is 51.1 Å². The first-order valence-corrected chi connectivity index (χ1v) is 8.10. The summed E-state index contributed by atoms with van der Waals surface area (Å²) in [5, 5.41) is 0. The van der Waals surface area contributed by atoms with E-state index in [2.05, 4.69) is 56.0 Å². The van der Waals surface area contributed by atoms with Crippen LogP contribution in [0.3, 0.4) is 0 Å². The predicted molar refractivity (Wildman–Crippen MR) is 86.5 cm³/mol. The molecule has 0 aromatic heterocycles. The lowest BCUT2D eigenvalue weighted by atomic mass is 9.70. The van der Waals surface area contributed by atoms with E-state index in [-0.39, 0.29) is 5.54 Å². The quantitative estimate of drug-likeness (QED) is 0.888. The summed E-state index contributed by atoms with van der Waals surface area (Å²) in [6.07, 6.45) is 3.80. The summed E-state index contributed by atoms with van der Waals surface area (Å²) in [6.45, 7) is 9.93. The van der Waals surface area contributed by atoms with Crippen LogP contribution >= 0.6 is 0 Å². The number of nitrogens with zero attached hydrogens (tertiary/aromatic N) is 1. The third-order valence-electron chi connectivity index (χ3n) is 5.39. The maximum Gasteiger partial charge on any atom is 0.0337 e. The molecule has 2 nitrogen and oxygen atoms in total. The molecule has 112 valence electrons. The Balaban J connectivity index is 2.15. The van der Waals surface area contributed by atoms with E-state index in [9.17, 15) is 0 Å². The number of nitrogens with two attached hydrogens (primary N) is 1. The van der Waals surface area contributed by atoms with Gasteiger partial charge in [0, 0.05) is 18.6 Å². The van der Waals surface area contributed by atoms with Crippen LogP contribution in [0.5, 0.6) is 0 Å². The fraction of sp³-hybridized carbons (Fsp3) is 0.667. The molecule has 0 bridgehead atoms. The van der Waals surface area contributed by atoms with E-state index in [1.165, 1.54) is 24.8 Å². The van der Waals surface area contributed by atoms with Crippen LogP contribution in [0, 0.1) is 11.8 Å². The van der Waals surface area contributed by atoms with E-state index < -0.39 is 0 Å². The van der Waals surface area contributed by atoms with Crippen molar-refractivity contribution < 1.29 is 0 Å². The number of benzene rings is 1. The van der Waals surface area contributed by atoms with Gasteiger partial charge in [0.25, 0.3) is 0 Å². The fourth-order valence-corrected chi connectivity index (χ4v) is 3.70. The van der Waals surface area contributed by atoms with Crippen molar-refractivity contribution in [3.8, 4) is 0 Å². The lowest BCUT2D eigenvalue weighted by Crippen LogP contribution is -2.56. The summed E-state index contributed by atoms with van der Waals surface area (Å²) >= 11 is 0. The highest BCUT2D eigenvalue weighted by molar-refractivity contribution is 5.15. The first-order chi connectivity index (χ1) is 9.61. The Morgan fingerprint density at radius 3 is 2.45 bits per heavy atom. The van der Waals surface area contributed by atoms with Gasteiger partial charge in [0.1, 0.15) is 0 Å². The second kappa shape index (κ2) is 6.73. The highest BCUT2D eigenvalue weighted by atomic mass is 15.2. The summed E-state index contributed by atoms with van der Waals surface area (Å²) in [5.41, 5.74) is 7.84. The Morgan fingerprint density at radius 2 is 1.90 bits per heavy atom. The molecule has 1 aliphatic carbocycles. The molecule has 0 amide bonds. The summed E-state index contributed by atoms with van der Waals surface area (Å²) in [7, 11) is 0. The molecule has 2 N–H and O–H groups in total. The molecule has 1 aliphatic rings. The standard InChI is InChI=1S/C18H30N2/c1-4-20(13-17-8-6-5-7-9-17)18(14-19)11-10-15(2)16(3)12-18/h5-9,15-16H,4,10-14,19H2,1-3H3. The molecular formula is C18H30N2. The lowest BCUT2D eigenvalue weighted by molar-refractivity contribution is 0.0188. The molecule has 0 radical (unpaired) electrons. The molecule has 20 heavy (non-hydrogen) atoms. The second-order valence-corrected chi connectivity index (χ2v) is 6.63. The molecule has 0 saturated heterocycles. The van der Waals surface area contributed by atoms with Crippen LogP contribution in [0.25, 0.3) is 0 Å². The van der Waals surface area contributed by atoms with E-state index in [0.29, 0.717) is 0 Å². The number of hydrogen-bond acceptors (Lipinski definition) is 2. The van der Waals surface area contributed by atoms with Gasteiger partial charge >= 0.3 is 0 Å². The van der Waals surface area contributed by atoms with Crippen LogP contribution in [0.1, 0.15) is 45.6 Å². The number of rotatable bonds is 5. The van der Waals surface area contributed by atoms with Crippen LogP contribution in [0.2, 0.25) is 0 Å². The third-order valence-corrected chi connectivity index (χ3v) is 5.39. The van der Waals surface area contributed by atoms with Crippen molar-refractivity contribution in [2.75, 3.05) is 13.1 Å². The van der Waals surface area contributed by atoms with Crippen molar-refractivity contribution in [1.82, 2.24) is 4.90 Å². The Bertz CT molecular complexity index is 403. The Kier molecular flexibility index (Phi) is 5.22. The minimum atomic E-state index is 0.205. The molecule has 2 rings (SSSR count). The van der Waals surface area contributed by atoms with E-state index in [1.807, 2.05) is 0 Å². The van der Waals surface area contributed by atoms with Gasteiger partial charge < -0.3 is 5.73 Å². The molecule has 0 spiro atoms. The average Bonchev–Trinajstić information content (AvgIpc) is 2.49. The van der Waals surface area contributed by atoms with Crippen LogP contribution < -0.4 is 5.73 Å². The van der Waals surface area contributed by atoms with Gasteiger partial charge in [-0.05, 0) is 43.2 Å². The van der Waals surface area contributed by atoms with Gasteiger partial charge in [-0.2, -0.15) is 0 Å². The zero-order valence-corrected chi connectivity index (χ0v) is 13.3. The van der Waals surface area contributed by atoms with Gasteiger partial charge in [-0.25, -0.2) is 0 Å². The van der Waals surface area contributed by atoms with Gasteiger partial charge in [-0.3, -0.25) is 4.90 Å².